The molecule has 0 saturated heterocycles. The highest BCUT2D eigenvalue weighted by Crippen LogP contribution is 2.53. The summed E-state index contributed by atoms with van der Waals surface area (Å²) >= 11 is 0. The normalized spacial score (nSPS) is 13.3. The van der Waals surface area contributed by atoms with Gasteiger partial charge >= 0.3 is 0 Å². The molecule has 2 nitrogen and oxygen atoms in total. The van der Waals surface area contributed by atoms with Crippen LogP contribution in [-0.2, 0) is 5.41 Å². The largest absolute Gasteiger partial charge is 0.453 e. The van der Waals surface area contributed by atoms with E-state index in [1.807, 2.05) is 0 Å². The molecule has 10 rings (SSSR count). The zero-order valence-electron chi connectivity index (χ0n) is 27.4. The molecule has 0 unspecified atom stereocenters. The van der Waals surface area contributed by atoms with E-state index in [-0.39, 0.29) is 5.41 Å². The van der Waals surface area contributed by atoms with Crippen LogP contribution >= 0.6 is 0 Å². The highest BCUT2D eigenvalue weighted by molar-refractivity contribution is 6.19. The van der Waals surface area contributed by atoms with Crippen molar-refractivity contribution in [2.75, 3.05) is 4.90 Å². The first kappa shape index (κ1) is 27.9. The summed E-state index contributed by atoms with van der Waals surface area (Å²) < 4.78 is 7.11. The molecule has 1 aliphatic rings. The van der Waals surface area contributed by atoms with Crippen molar-refractivity contribution in [1.82, 2.24) is 0 Å². The summed E-state index contributed by atoms with van der Waals surface area (Å²) in [6.45, 7) is 4.70. The number of rotatable bonds is 4. The van der Waals surface area contributed by atoms with Gasteiger partial charge in [-0.2, -0.15) is 0 Å². The van der Waals surface area contributed by atoms with Gasteiger partial charge in [0.25, 0.3) is 0 Å². The van der Waals surface area contributed by atoms with Gasteiger partial charge in [-0.15, -0.1) is 0 Å². The fourth-order valence-electron chi connectivity index (χ4n) is 8.18. The van der Waals surface area contributed by atoms with Crippen LogP contribution in [0.1, 0.15) is 25.0 Å². The predicted octanol–water partition coefficient (Wildman–Crippen LogP) is 13.3. The Hall–Kier alpha value is -6.12. The van der Waals surface area contributed by atoms with Crippen LogP contribution in [0.25, 0.3) is 65.7 Å². The van der Waals surface area contributed by atoms with E-state index in [0.29, 0.717) is 0 Å². The Morgan fingerprint density at radius 1 is 0.429 bits per heavy atom. The first-order valence-electron chi connectivity index (χ1n) is 17.0. The zero-order chi connectivity index (χ0) is 32.7. The van der Waals surface area contributed by atoms with Crippen molar-refractivity contribution in [3.05, 3.63) is 175 Å². The van der Waals surface area contributed by atoms with Crippen LogP contribution in [0, 0.1) is 0 Å². The van der Waals surface area contributed by atoms with Gasteiger partial charge in [0, 0.05) is 38.5 Å². The van der Waals surface area contributed by atoms with E-state index in [1.165, 1.54) is 38.4 Å². The van der Waals surface area contributed by atoms with Crippen LogP contribution in [0.4, 0.5) is 17.1 Å². The molecule has 1 aliphatic carbocycles. The summed E-state index contributed by atoms with van der Waals surface area (Å²) in [5.74, 6) is 0. The highest BCUT2D eigenvalue weighted by Gasteiger charge is 2.36. The first-order valence-corrected chi connectivity index (χ1v) is 17.0. The van der Waals surface area contributed by atoms with Crippen molar-refractivity contribution >= 4 is 60.5 Å². The Bertz CT molecular complexity index is 2750. The number of benzene rings is 8. The molecule has 0 atom stereocenters. The average Bonchev–Trinajstić information content (AvgIpc) is 3.65. The number of anilines is 3. The van der Waals surface area contributed by atoms with E-state index >= 15 is 0 Å². The van der Waals surface area contributed by atoms with Crippen LogP contribution in [0.2, 0.25) is 0 Å². The molecule has 0 fully saturated rings. The second kappa shape index (κ2) is 10.4. The second-order valence-corrected chi connectivity index (χ2v) is 13.7. The summed E-state index contributed by atoms with van der Waals surface area (Å²) in [6.07, 6.45) is 0. The maximum absolute atomic E-state index is 7.11. The van der Waals surface area contributed by atoms with Crippen LogP contribution in [0.3, 0.4) is 0 Å². The van der Waals surface area contributed by atoms with Crippen LogP contribution in [0.15, 0.2) is 168 Å². The van der Waals surface area contributed by atoms with E-state index in [1.54, 1.807) is 0 Å². The van der Waals surface area contributed by atoms with E-state index in [0.717, 1.165) is 55.5 Å². The van der Waals surface area contributed by atoms with Gasteiger partial charge in [-0.25, -0.2) is 0 Å². The molecule has 0 amide bonds. The minimum absolute atomic E-state index is 0.135. The molecule has 2 heteroatoms. The topological polar surface area (TPSA) is 16.4 Å². The van der Waals surface area contributed by atoms with Gasteiger partial charge in [0.15, 0.2) is 5.58 Å². The summed E-state index contributed by atoms with van der Waals surface area (Å²) in [7, 11) is 0. The Labute approximate surface area is 285 Å². The molecule has 49 heavy (non-hydrogen) atoms. The van der Waals surface area contributed by atoms with Gasteiger partial charge < -0.3 is 9.32 Å². The Kier molecular flexibility index (Phi) is 5.95. The zero-order valence-corrected chi connectivity index (χ0v) is 27.4. The number of hydrogen-bond donors (Lipinski definition) is 0. The lowest BCUT2D eigenvalue weighted by Crippen LogP contribution is -2.17. The third-order valence-corrected chi connectivity index (χ3v) is 10.6. The number of furan rings is 1. The van der Waals surface area contributed by atoms with Crippen molar-refractivity contribution in [1.29, 1.82) is 0 Å². The Morgan fingerprint density at radius 2 is 1.04 bits per heavy atom. The fourth-order valence-corrected chi connectivity index (χ4v) is 8.18. The Balaban J connectivity index is 1.32. The quantitative estimate of drug-likeness (QED) is 0.193. The summed E-state index contributed by atoms with van der Waals surface area (Å²) in [5.41, 5.74) is 12.5. The molecule has 1 aromatic heterocycles. The maximum atomic E-state index is 7.11. The Morgan fingerprint density at radius 3 is 1.92 bits per heavy atom. The molecular formula is C47H33NO. The van der Waals surface area contributed by atoms with Crippen molar-refractivity contribution in [3.63, 3.8) is 0 Å². The molecular weight excluding hydrogens is 595 g/mol. The smallest absolute Gasteiger partial charge is 0.160 e. The molecule has 232 valence electrons. The van der Waals surface area contributed by atoms with Crippen molar-refractivity contribution < 1.29 is 4.42 Å². The lowest BCUT2D eigenvalue weighted by atomic mass is 9.82. The first-order chi connectivity index (χ1) is 24.1. The van der Waals surface area contributed by atoms with E-state index in [9.17, 15) is 0 Å². The van der Waals surface area contributed by atoms with Gasteiger partial charge in [0.1, 0.15) is 5.58 Å². The highest BCUT2D eigenvalue weighted by atomic mass is 16.3. The number of hydrogen-bond acceptors (Lipinski definition) is 2. The van der Waals surface area contributed by atoms with Gasteiger partial charge in [-0.3, -0.25) is 0 Å². The molecule has 0 N–H and O–H groups in total. The van der Waals surface area contributed by atoms with Crippen LogP contribution in [-0.4, -0.2) is 0 Å². The minimum atomic E-state index is -0.135. The van der Waals surface area contributed by atoms with Gasteiger partial charge in [-0.05, 0) is 80.4 Å². The van der Waals surface area contributed by atoms with E-state index < -0.39 is 0 Å². The van der Waals surface area contributed by atoms with Crippen molar-refractivity contribution in [2.45, 2.75) is 19.3 Å². The molecule has 0 saturated carbocycles. The lowest BCUT2D eigenvalue weighted by molar-refractivity contribution is 0.660. The van der Waals surface area contributed by atoms with E-state index in [4.69, 9.17) is 4.42 Å². The van der Waals surface area contributed by atoms with Crippen LogP contribution in [0.5, 0.6) is 0 Å². The SMILES string of the molecule is CC1(C)c2ccccc2-c2ccc(N(c3ccc4ccccc4c3)c3c(-c4ccccc4)ccc4c3oc3c5ccccc5ccc43)cc21. The molecule has 9 aromatic rings. The van der Waals surface area contributed by atoms with E-state index in [2.05, 4.69) is 183 Å². The maximum Gasteiger partial charge on any atom is 0.160 e. The second-order valence-electron chi connectivity index (χ2n) is 13.7. The molecule has 0 spiro atoms. The van der Waals surface area contributed by atoms with Crippen molar-refractivity contribution in [2.24, 2.45) is 0 Å². The predicted molar refractivity (Wildman–Crippen MR) is 206 cm³/mol. The third kappa shape index (κ3) is 4.14. The molecule has 8 aromatic carbocycles. The number of fused-ring (bicyclic) bond motifs is 9. The summed E-state index contributed by atoms with van der Waals surface area (Å²) in [6, 6.07) is 59.4. The van der Waals surface area contributed by atoms with Crippen LogP contribution < -0.4 is 4.90 Å². The monoisotopic (exact) mass is 627 g/mol. The molecule has 0 radical (unpaired) electrons. The number of nitrogens with zero attached hydrogens (tertiary/aromatic N) is 1. The minimum Gasteiger partial charge on any atom is -0.453 e. The molecule has 0 bridgehead atoms. The van der Waals surface area contributed by atoms with Gasteiger partial charge in [0.2, 0.25) is 0 Å². The summed E-state index contributed by atoms with van der Waals surface area (Å²) in [4.78, 5) is 2.43. The van der Waals surface area contributed by atoms with Gasteiger partial charge in [-0.1, -0.05) is 141 Å². The van der Waals surface area contributed by atoms with Gasteiger partial charge in [0.05, 0.1) is 5.69 Å². The van der Waals surface area contributed by atoms with Crippen molar-refractivity contribution in [3.8, 4) is 22.3 Å². The fraction of sp³-hybridized carbons (Fsp3) is 0.0638. The average molecular weight is 628 g/mol. The summed E-state index contributed by atoms with van der Waals surface area (Å²) in [5, 5.41) is 6.94. The lowest BCUT2D eigenvalue weighted by Gasteiger charge is -2.30. The molecule has 0 aliphatic heterocycles. The standard InChI is InChI=1S/C47H33NO/c1-47(2)42-19-11-10-18-38(42)39-25-23-35(29-43(39)47)48(34-22-20-30-12-6-7-16-33(30)28-34)44-36(31-13-4-3-5-14-31)26-27-41-40-24-21-32-15-8-9-17-37(32)45(40)49-46(41)44/h3-29H,1-2H3. The third-order valence-electron chi connectivity index (χ3n) is 10.6. The molecule has 1 heterocycles.